The molecule has 1 aromatic carbocycles. The van der Waals surface area contributed by atoms with Gasteiger partial charge >= 0.3 is 0 Å². The summed E-state index contributed by atoms with van der Waals surface area (Å²) in [5, 5.41) is 3.40. The second kappa shape index (κ2) is 8.23. The molecule has 0 aliphatic rings. The fourth-order valence-corrected chi connectivity index (χ4v) is 2.16. The number of rotatable bonds is 8. The minimum Gasteiger partial charge on any atom is -0.385 e. The normalized spacial score (nSPS) is 14.4. The predicted octanol–water partition coefficient (Wildman–Crippen LogP) is 3.16. The van der Waals surface area contributed by atoms with Crippen molar-refractivity contribution in [2.24, 2.45) is 5.92 Å². The minimum atomic E-state index is -0.795. The molecule has 2 nitrogen and oxygen atoms in total. The highest BCUT2D eigenvalue weighted by Gasteiger charge is 2.17. The summed E-state index contributed by atoms with van der Waals surface area (Å²) in [5.74, 6) is -1.17. The van der Waals surface area contributed by atoms with Crippen LogP contribution in [0.2, 0.25) is 0 Å². The second-order valence-electron chi connectivity index (χ2n) is 4.88. The Bertz CT molecular complexity index is 384. The predicted molar refractivity (Wildman–Crippen MR) is 73.2 cm³/mol. The first-order valence-corrected chi connectivity index (χ1v) is 6.74. The highest BCUT2D eigenvalue weighted by Crippen LogP contribution is 2.16. The Hall–Kier alpha value is -1.00. The summed E-state index contributed by atoms with van der Waals surface area (Å²) < 4.78 is 31.2. The molecule has 0 heterocycles. The van der Waals surface area contributed by atoms with E-state index < -0.39 is 11.6 Å². The third kappa shape index (κ3) is 5.25. The van der Waals surface area contributed by atoms with Crippen LogP contribution in [0.3, 0.4) is 0 Å². The van der Waals surface area contributed by atoms with Crippen molar-refractivity contribution in [3.63, 3.8) is 0 Å². The van der Waals surface area contributed by atoms with E-state index in [0.29, 0.717) is 18.9 Å². The molecule has 1 N–H and O–H groups in total. The molecule has 1 rings (SSSR count). The molecule has 0 amide bonds. The van der Waals surface area contributed by atoms with Crippen molar-refractivity contribution in [3.05, 3.63) is 35.4 Å². The number of ether oxygens (including phenoxy) is 1. The summed E-state index contributed by atoms with van der Waals surface area (Å²) in [4.78, 5) is 0. The van der Waals surface area contributed by atoms with E-state index in [1.807, 2.05) is 6.92 Å². The summed E-state index contributed by atoms with van der Waals surface area (Å²) in [6, 6.07) is 4.35. The smallest absolute Gasteiger partial charge is 0.159 e. The van der Waals surface area contributed by atoms with Crippen LogP contribution in [-0.4, -0.2) is 26.3 Å². The Labute approximate surface area is 114 Å². The van der Waals surface area contributed by atoms with E-state index in [1.54, 1.807) is 13.2 Å². The van der Waals surface area contributed by atoms with Crippen LogP contribution in [0.15, 0.2) is 18.2 Å². The summed E-state index contributed by atoms with van der Waals surface area (Å²) >= 11 is 0. The number of halogens is 2. The molecule has 4 heteroatoms. The highest BCUT2D eigenvalue weighted by atomic mass is 19.2. The van der Waals surface area contributed by atoms with E-state index >= 15 is 0 Å². The average molecular weight is 271 g/mol. The summed E-state index contributed by atoms with van der Waals surface area (Å²) in [6.07, 6.45) is 1.63. The number of benzene rings is 1. The van der Waals surface area contributed by atoms with Crippen LogP contribution in [0.25, 0.3) is 0 Å². The quantitative estimate of drug-likeness (QED) is 0.784. The third-order valence-electron chi connectivity index (χ3n) is 3.37. The van der Waals surface area contributed by atoms with Crippen molar-refractivity contribution < 1.29 is 13.5 Å². The monoisotopic (exact) mass is 271 g/mol. The van der Waals surface area contributed by atoms with Crippen molar-refractivity contribution in [2.45, 2.75) is 32.7 Å². The molecule has 1 aromatic rings. The Morgan fingerprint density at radius 1 is 1.26 bits per heavy atom. The lowest BCUT2D eigenvalue weighted by atomic mass is 9.92. The lowest BCUT2D eigenvalue weighted by Crippen LogP contribution is -2.37. The van der Waals surface area contributed by atoms with Crippen molar-refractivity contribution in [1.82, 2.24) is 5.32 Å². The molecule has 0 fully saturated rings. The average Bonchev–Trinajstić information content (AvgIpc) is 2.39. The molecule has 0 saturated heterocycles. The van der Waals surface area contributed by atoms with Gasteiger partial charge in [-0.25, -0.2) is 8.78 Å². The zero-order chi connectivity index (χ0) is 14.3. The van der Waals surface area contributed by atoms with Gasteiger partial charge in [0.05, 0.1) is 0 Å². The number of hydrogen-bond acceptors (Lipinski definition) is 2. The molecule has 0 aliphatic carbocycles. The maximum absolute atomic E-state index is 13.2. The highest BCUT2D eigenvalue weighted by molar-refractivity contribution is 5.19. The Balaban J connectivity index is 2.68. The first-order chi connectivity index (χ1) is 9.08. The lowest BCUT2D eigenvalue weighted by molar-refractivity contribution is 0.170. The van der Waals surface area contributed by atoms with Gasteiger partial charge in [-0.15, -0.1) is 0 Å². The zero-order valence-electron chi connectivity index (χ0n) is 11.9. The third-order valence-corrected chi connectivity index (χ3v) is 3.37. The van der Waals surface area contributed by atoms with E-state index in [2.05, 4.69) is 12.2 Å². The number of hydrogen-bond donors (Lipinski definition) is 1. The lowest BCUT2D eigenvalue weighted by Gasteiger charge is -2.25. The maximum atomic E-state index is 13.2. The summed E-state index contributed by atoms with van der Waals surface area (Å²) in [6.45, 7) is 5.75. The van der Waals surface area contributed by atoms with Gasteiger partial charge in [-0.05, 0) is 43.0 Å². The van der Waals surface area contributed by atoms with E-state index in [-0.39, 0.29) is 6.04 Å². The molecule has 0 saturated carbocycles. The standard InChI is InChI=1S/C15H23F2NO/c1-4-18-15(11(2)7-8-19-3)10-12-5-6-13(16)14(17)9-12/h5-6,9,11,15,18H,4,7-8,10H2,1-3H3. The molecule has 0 radical (unpaired) electrons. The van der Waals surface area contributed by atoms with Gasteiger partial charge in [0.1, 0.15) is 0 Å². The van der Waals surface area contributed by atoms with Gasteiger partial charge in [0.25, 0.3) is 0 Å². The van der Waals surface area contributed by atoms with Gasteiger partial charge < -0.3 is 10.1 Å². The zero-order valence-corrected chi connectivity index (χ0v) is 11.9. The van der Waals surface area contributed by atoms with Gasteiger partial charge in [0.15, 0.2) is 11.6 Å². The summed E-state index contributed by atoms with van der Waals surface area (Å²) in [7, 11) is 1.68. The molecule has 2 unspecified atom stereocenters. The van der Waals surface area contributed by atoms with E-state index in [1.165, 1.54) is 12.1 Å². The van der Waals surface area contributed by atoms with Crippen LogP contribution in [0.1, 0.15) is 25.8 Å². The molecular weight excluding hydrogens is 248 g/mol. The molecule has 0 spiro atoms. The van der Waals surface area contributed by atoms with Crippen molar-refractivity contribution in [1.29, 1.82) is 0 Å². The number of likely N-dealkylation sites (N-methyl/N-ethyl adjacent to an activating group) is 1. The molecule has 2 atom stereocenters. The molecule has 0 aromatic heterocycles. The van der Waals surface area contributed by atoms with Gasteiger partial charge in [-0.3, -0.25) is 0 Å². The molecule has 108 valence electrons. The SMILES string of the molecule is CCNC(Cc1ccc(F)c(F)c1)C(C)CCOC. The van der Waals surface area contributed by atoms with Crippen LogP contribution in [-0.2, 0) is 11.2 Å². The Morgan fingerprint density at radius 2 is 2.00 bits per heavy atom. The molecular formula is C15H23F2NO. The van der Waals surface area contributed by atoms with Crippen LogP contribution < -0.4 is 5.32 Å². The van der Waals surface area contributed by atoms with E-state index in [4.69, 9.17) is 4.74 Å². The maximum Gasteiger partial charge on any atom is 0.159 e. The van der Waals surface area contributed by atoms with Crippen molar-refractivity contribution >= 4 is 0 Å². The number of nitrogens with one attached hydrogen (secondary N) is 1. The first kappa shape index (κ1) is 16.1. The largest absolute Gasteiger partial charge is 0.385 e. The van der Waals surface area contributed by atoms with Gasteiger partial charge in [0.2, 0.25) is 0 Å². The topological polar surface area (TPSA) is 21.3 Å². The first-order valence-electron chi connectivity index (χ1n) is 6.74. The number of methoxy groups -OCH3 is 1. The van der Waals surface area contributed by atoms with E-state index in [0.717, 1.165) is 18.5 Å². The van der Waals surface area contributed by atoms with Gasteiger partial charge in [0, 0.05) is 19.8 Å². The Kier molecular flexibility index (Phi) is 6.95. The van der Waals surface area contributed by atoms with Crippen molar-refractivity contribution in [3.8, 4) is 0 Å². The summed E-state index contributed by atoms with van der Waals surface area (Å²) in [5.41, 5.74) is 0.814. The minimum absolute atomic E-state index is 0.241. The molecule has 0 aliphatic heterocycles. The fourth-order valence-electron chi connectivity index (χ4n) is 2.16. The van der Waals surface area contributed by atoms with Crippen LogP contribution in [0.4, 0.5) is 8.78 Å². The molecule has 0 bridgehead atoms. The molecule has 19 heavy (non-hydrogen) atoms. The second-order valence-corrected chi connectivity index (χ2v) is 4.88. The van der Waals surface area contributed by atoms with Crippen molar-refractivity contribution in [2.75, 3.05) is 20.3 Å². The Morgan fingerprint density at radius 3 is 2.58 bits per heavy atom. The van der Waals surface area contributed by atoms with Crippen LogP contribution in [0, 0.1) is 17.6 Å². The van der Waals surface area contributed by atoms with Crippen LogP contribution in [0.5, 0.6) is 0 Å². The van der Waals surface area contributed by atoms with E-state index in [9.17, 15) is 8.78 Å². The van der Waals surface area contributed by atoms with Gasteiger partial charge in [-0.2, -0.15) is 0 Å². The fraction of sp³-hybridized carbons (Fsp3) is 0.600. The van der Waals surface area contributed by atoms with Gasteiger partial charge in [-0.1, -0.05) is 19.9 Å². The van der Waals surface area contributed by atoms with Crippen LogP contribution >= 0.6 is 0 Å².